The van der Waals surface area contributed by atoms with E-state index in [4.69, 9.17) is 26.5 Å². The molecule has 1 heterocycles. The van der Waals surface area contributed by atoms with Gasteiger partial charge in [0.2, 0.25) is 11.8 Å². The van der Waals surface area contributed by atoms with Crippen LogP contribution in [0.15, 0.2) is 46.9 Å². The molecule has 0 aliphatic carbocycles. The molecule has 0 fully saturated rings. The third-order valence-corrected chi connectivity index (χ3v) is 4.17. The van der Waals surface area contributed by atoms with Crippen LogP contribution < -0.4 is 5.32 Å². The monoisotopic (exact) mass is 379 g/mol. The quantitative estimate of drug-likeness (QED) is 0.694. The van der Waals surface area contributed by atoms with E-state index in [1.54, 1.807) is 49.4 Å². The minimum Gasteiger partial charge on any atom is -0.418 e. The number of benzene rings is 2. The molecule has 2 aromatic carbocycles. The molecule has 0 aliphatic heterocycles. The van der Waals surface area contributed by atoms with Crippen LogP contribution in [0.3, 0.4) is 0 Å². The number of hydrogen-bond donors (Lipinski definition) is 2. The largest absolute Gasteiger partial charge is 0.418 e. The van der Waals surface area contributed by atoms with E-state index in [0.717, 1.165) is 0 Å². The summed E-state index contributed by atoms with van der Waals surface area (Å²) in [7, 11) is 0. The van der Waals surface area contributed by atoms with Gasteiger partial charge < -0.3 is 14.8 Å². The molecule has 3 rings (SSSR count). The molecule has 0 spiro atoms. The van der Waals surface area contributed by atoms with E-state index in [1.165, 1.54) is 0 Å². The summed E-state index contributed by atoms with van der Waals surface area (Å²) in [6.07, 6.45) is -0.839. The molecule has 0 bridgehead atoms. The van der Waals surface area contributed by atoms with Gasteiger partial charge in [0.15, 0.2) is 0 Å². The molecule has 1 unspecified atom stereocenters. The van der Waals surface area contributed by atoms with Crippen molar-refractivity contribution in [3.05, 3.63) is 64.5 Å². The maximum Gasteiger partial charge on any atom is 0.247 e. The van der Waals surface area contributed by atoms with Crippen LogP contribution in [0.1, 0.15) is 30.0 Å². The van der Waals surface area contributed by atoms with Gasteiger partial charge in [-0.05, 0) is 49.4 Å². The van der Waals surface area contributed by atoms with Crippen molar-refractivity contribution in [3.8, 4) is 23.6 Å². The number of hydrogen-bond acceptors (Lipinski definition) is 7. The lowest BCUT2D eigenvalue weighted by Gasteiger charge is -2.19. The summed E-state index contributed by atoms with van der Waals surface area (Å²) >= 11 is 6.05. The zero-order valence-electron chi connectivity index (χ0n) is 14.2. The zero-order chi connectivity index (χ0) is 19.4. The number of nitrogens with one attached hydrogen (secondary N) is 1. The Kier molecular flexibility index (Phi) is 5.37. The fraction of sp³-hybridized carbons (Fsp3) is 0.158. The van der Waals surface area contributed by atoms with E-state index in [2.05, 4.69) is 15.5 Å². The first-order valence-corrected chi connectivity index (χ1v) is 8.38. The highest BCUT2D eigenvalue weighted by Gasteiger charge is 2.24. The van der Waals surface area contributed by atoms with Gasteiger partial charge in [-0.2, -0.15) is 10.5 Å². The highest BCUT2D eigenvalue weighted by atomic mass is 35.5. The second-order valence-corrected chi connectivity index (χ2v) is 6.21. The number of nitrogens with zero attached hydrogens (tertiary/aromatic N) is 4. The number of aliphatic hydroxyl groups is 1. The summed E-state index contributed by atoms with van der Waals surface area (Å²) in [5.41, 5.74) is 2.15. The summed E-state index contributed by atoms with van der Waals surface area (Å²) in [6.45, 7) is 1.59. The highest BCUT2D eigenvalue weighted by molar-refractivity contribution is 6.32. The number of aliphatic hydroxyl groups excluding tert-OH is 1. The zero-order valence-corrected chi connectivity index (χ0v) is 15.0. The normalized spacial score (nSPS) is 12.6. The Balaban J connectivity index is 1.85. The van der Waals surface area contributed by atoms with Crippen LogP contribution in [0.4, 0.5) is 5.69 Å². The molecule has 0 saturated carbocycles. The molecule has 134 valence electrons. The second kappa shape index (κ2) is 7.88. The van der Waals surface area contributed by atoms with Gasteiger partial charge in [0, 0.05) is 11.3 Å². The highest BCUT2D eigenvalue weighted by Crippen LogP contribution is 2.28. The van der Waals surface area contributed by atoms with Crippen molar-refractivity contribution in [2.24, 2.45) is 0 Å². The fourth-order valence-electron chi connectivity index (χ4n) is 2.43. The van der Waals surface area contributed by atoms with Gasteiger partial charge in [0.1, 0.15) is 12.1 Å². The van der Waals surface area contributed by atoms with E-state index in [9.17, 15) is 5.11 Å². The van der Waals surface area contributed by atoms with Crippen molar-refractivity contribution in [1.29, 1.82) is 10.5 Å². The molecule has 27 heavy (non-hydrogen) atoms. The van der Waals surface area contributed by atoms with Crippen molar-refractivity contribution < 1.29 is 9.52 Å². The second-order valence-electron chi connectivity index (χ2n) is 5.80. The standard InChI is InChI=1S/C19H14ClN5O2/c1-11(26)17(23-15-7-6-14(10-22)16(20)8-15)19-25-24-18(27-19)13-4-2-12(9-21)3-5-13/h2-8,11,17,23,26H,1H3/t11-,17?/m0/s1. The topological polar surface area (TPSA) is 119 Å². The molecule has 8 heteroatoms. The first-order valence-electron chi connectivity index (χ1n) is 8.00. The average molecular weight is 380 g/mol. The fourth-order valence-corrected chi connectivity index (χ4v) is 2.65. The predicted octanol–water partition coefficient (Wildman–Crippen LogP) is 3.67. The summed E-state index contributed by atoms with van der Waals surface area (Å²) in [5.74, 6) is 0.477. The van der Waals surface area contributed by atoms with E-state index < -0.39 is 12.1 Å². The van der Waals surface area contributed by atoms with Gasteiger partial charge in [-0.25, -0.2) is 0 Å². The van der Waals surface area contributed by atoms with Crippen molar-refractivity contribution in [1.82, 2.24) is 10.2 Å². The van der Waals surface area contributed by atoms with Crippen LogP contribution in [0.25, 0.3) is 11.5 Å². The Morgan fingerprint density at radius 3 is 2.44 bits per heavy atom. The van der Waals surface area contributed by atoms with Crippen LogP contribution in [-0.4, -0.2) is 21.4 Å². The molecule has 7 nitrogen and oxygen atoms in total. The minimum absolute atomic E-state index is 0.199. The van der Waals surface area contributed by atoms with Crippen molar-refractivity contribution >= 4 is 17.3 Å². The SMILES string of the molecule is C[C@H](O)C(Nc1ccc(C#N)c(Cl)c1)c1nnc(-c2ccc(C#N)cc2)o1. The Labute approximate surface area is 160 Å². The van der Waals surface area contributed by atoms with Gasteiger partial charge in [-0.15, -0.1) is 10.2 Å². The van der Waals surface area contributed by atoms with Crippen LogP contribution in [0.2, 0.25) is 5.02 Å². The summed E-state index contributed by atoms with van der Waals surface area (Å²) in [6, 6.07) is 14.9. The number of anilines is 1. The minimum atomic E-state index is -0.839. The van der Waals surface area contributed by atoms with Gasteiger partial charge in [-0.3, -0.25) is 0 Å². The van der Waals surface area contributed by atoms with Crippen molar-refractivity contribution in [2.75, 3.05) is 5.32 Å². The van der Waals surface area contributed by atoms with E-state index in [0.29, 0.717) is 27.4 Å². The van der Waals surface area contributed by atoms with Gasteiger partial charge in [-0.1, -0.05) is 11.6 Å². The Morgan fingerprint density at radius 2 is 1.85 bits per heavy atom. The first-order chi connectivity index (χ1) is 13.0. The predicted molar refractivity (Wildman–Crippen MR) is 98.7 cm³/mol. The number of halogens is 1. The molecule has 3 aromatic rings. The number of rotatable bonds is 5. The maximum atomic E-state index is 10.1. The molecule has 2 atom stereocenters. The van der Waals surface area contributed by atoms with Crippen molar-refractivity contribution in [2.45, 2.75) is 19.1 Å². The maximum absolute atomic E-state index is 10.1. The van der Waals surface area contributed by atoms with Gasteiger partial charge >= 0.3 is 0 Å². The summed E-state index contributed by atoms with van der Waals surface area (Å²) in [5, 5.41) is 39.4. The molecule has 0 saturated heterocycles. The molecule has 0 aliphatic rings. The molecule has 0 amide bonds. The number of aromatic nitrogens is 2. The Hall–Kier alpha value is -3.39. The van der Waals surface area contributed by atoms with Gasteiger partial charge in [0.05, 0.1) is 28.3 Å². The third kappa shape index (κ3) is 4.06. The van der Waals surface area contributed by atoms with Crippen LogP contribution in [-0.2, 0) is 0 Å². The van der Waals surface area contributed by atoms with Crippen LogP contribution in [0, 0.1) is 22.7 Å². The average Bonchev–Trinajstić information content (AvgIpc) is 3.16. The van der Waals surface area contributed by atoms with Crippen LogP contribution in [0.5, 0.6) is 0 Å². The first kappa shape index (κ1) is 18.4. The smallest absolute Gasteiger partial charge is 0.247 e. The van der Waals surface area contributed by atoms with Gasteiger partial charge in [0.25, 0.3) is 0 Å². The van der Waals surface area contributed by atoms with Crippen LogP contribution >= 0.6 is 11.6 Å². The molecule has 2 N–H and O–H groups in total. The lowest BCUT2D eigenvalue weighted by Crippen LogP contribution is -2.23. The molecular formula is C19H14ClN5O2. The Morgan fingerprint density at radius 1 is 1.11 bits per heavy atom. The summed E-state index contributed by atoms with van der Waals surface area (Å²) < 4.78 is 5.70. The third-order valence-electron chi connectivity index (χ3n) is 3.86. The lowest BCUT2D eigenvalue weighted by molar-refractivity contribution is 0.160. The number of nitriles is 2. The van der Waals surface area contributed by atoms with Crippen molar-refractivity contribution in [3.63, 3.8) is 0 Å². The van der Waals surface area contributed by atoms with E-state index in [-0.39, 0.29) is 11.8 Å². The molecular weight excluding hydrogens is 366 g/mol. The van der Waals surface area contributed by atoms with E-state index in [1.807, 2.05) is 12.1 Å². The van der Waals surface area contributed by atoms with E-state index >= 15 is 0 Å². The molecule has 1 aromatic heterocycles. The lowest BCUT2D eigenvalue weighted by atomic mass is 10.1. The summed E-state index contributed by atoms with van der Waals surface area (Å²) in [4.78, 5) is 0. The molecule has 0 radical (unpaired) electrons. The Bertz CT molecular complexity index is 1030.